The molecule has 0 atom stereocenters. The summed E-state index contributed by atoms with van der Waals surface area (Å²) < 4.78 is 10.8. The number of guanidine groups is 1. The van der Waals surface area contributed by atoms with Crippen molar-refractivity contribution in [3.05, 3.63) is 24.3 Å². The minimum absolute atomic E-state index is 0. The molecule has 0 heterocycles. The fraction of sp³-hybridized carbons (Fsp3) is 0.533. The number of halogens is 1. The fourth-order valence-corrected chi connectivity index (χ4v) is 1.65. The van der Waals surface area contributed by atoms with E-state index < -0.39 is 0 Å². The Morgan fingerprint density at radius 1 is 1.14 bits per heavy atom. The normalized spacial score (nSPS) is 9.29. The number of benzene rings is 1. The smallest absolute Gasteiger partial charge is 0.191 e. The van der Waals surface area contributed by atoms with Crippen LogP contribution in [-0.4, -0.2) is 39.3 Å². The number of methoxy groups -OCH3 is 1. The molecule has 0 saturated heterocycles. The van der Waals surface area contributed by atoms with Gasteiger partial charge in [-0.1, -0.05) is 6.07 Å². The van der Waals surface area contributed by atoms with E-state index in [9.17, 15) is 0 Å². The third-order valence-electron chi connectivity index (χ3n) is 2.57. The minimum Gasteiger partial charge on any atom is -0.497 e. The zero-order valence-electron chi connectivity index (χ0n) is 13.0. The second-order valence-corrected chi connectivity index (χ2v) is 4.17. The Kier molecular flexibility index (Phi) is 11.8. The molecule has 0 unspecified atom stereocenters. The number of ether oxygens (including phenoxy) is 2. The molecule has 0 bridgehead atoms. The molecule has 0 aromatic heterocycles. The molecule has 0 fully saturated rings. The van der Waals surface area contributed by atoms with E-state index >= 15 is 0 Å². The molecule has 120 valence electrons. The van der Waals surface area contributed by atoms with E-state index in [-0.39, 0.29) is 24.0 Å². The van der Waals surface area contributed by atoms with Gasteiger partial charge in [0.15, 0.2) is 5.96 Å². The maximum atomic E-state index is 5.66. The monoisotopic (exact) mass is 407 g/mol. The highest BCUT2D eigenvalue weighted by molar-refractivity contribution is 14.0. The number of hydrogen-bond donors (Lipinski definition) is 2. The van der Waals surface area contributed by atoms with Crippen LogP contribution < -0.4 is 20.1 Å². The molecule has 0 radical (unpaired) electrons. The molecule has 1 rings (SSSR count). The fourth-order valence-electron chi connectivity index (χ4n) is 1.65. The third kappa shape index (κ3) is 8.64. The van der Waals surface area contributed by atoms with Gasteiger partial charge < -0.3 is 20.1 Å². The summed E-state index contributed by atoms with van der Waals surface area (Å²) in [6, 6.07) is 7.62. The molecular formula is C15H26IN3O2. The number of nitrogens with zero attached hydrogens (tertiary/aromatic N) is 1. The van der Waals surface area contributed by atoms with Gasteiger partial charge in [-0.25, -0.2) is 0 Å². The Balaban J connectivity index is 0.00000400. The molecule has 0 saturated carbocycles. The Morgan fingerprint density at radius 3 is 2.43 bits per heavy atom. The highest BCUT2D eigenvalue weighted by Crippen LogP contribution is 2.18. The van der Waals surface area contributed by atoms with Crippen molar-refractivity contribution >= 4 is 29.9 Å². The second kappa shape index (κ2) is 12.6. The maximum Gasteiger partial charge on any atom is 0.191 e. The lowest BCUT2D eigenvalue weighted by molar-refractivity contribution is 0.311. The lowest BCUT2D eigenvalue weighted by atomic mass is 10.3. The van der Waals surface area contributed by atoms with Crippen molar-refractivity contribution in [2.45, 2.75) is 20.3 Å². The summed E-state index contributed by atoms with van der Waals surface area (Å²) >= 11 is 0. The summed E-state index contributed by atoms with van der Waals surface area (Å²) in [6.45, 7) is 7.22. The first-order chi connectivity index (χ1) is 9.80. The predicted octanol–water partition coefficient (Wildman–Crippen LogP) is 2.66. The summed E-state index contributed by atoms with van der Waals surface area (Å²) in [4.78, 5) is 4.46. The molecule has 21 heavy (non-hydrogen) atoms. The lowest BCUT2D eigenvalue weighted by Gasteiger charge is -2.09. The van der Waals surface area contributed by atoms with Crippen molar-refractivity contribution < 1.29 is 9.47 Å². The van der Waals surface area contributed by atoms with Gasteiger partial charge >= 0.3 is 0 Å². The van der Waals surface area contributed by atoms with Gasteiger partial charge in [0.2, 0.25) is 0 Å². The van der Waals surface area contributed by atoms with E-state index in [4.69, 9.17) is 9.47 Å². The summed E-state index contributed by atoms with van der Waals surface area (Å²) in [6.07, 6.45) is 0.873. The summed E-state index contributed by atoms with van der Waals surface area (Å²) in [5.74, 6) is 2.49. The lowest BCUT2D eigenvalue weighted by Crippen LogP contribution is -2.37. The summed E-state index contributed by atoms with van der Waals surface area (Å²) in [5.41, 5.74) is 0. The van der Waals surface area contributed by atoms with Crippen molar-refractivity contribution in [1.29, 1.82) is 0 Å². The Morgan fingerprint density at radius 2 is 1.81 bits per heavy atom. The number of aliphatic imine (C=N–C) groups is 1. The topological polar surface area (TPSA) is 54.9 Å². The van der Waals surface area contributed by atoms with Crippen LogP contribution in [0.1, 0.15) is 20.3 Å². The van der Waals surface area contributed by atoms with Gasteiger partial charge in [-0.2, -0.15) is 0 Å². The quantitative estimate of drug-likeness (QED) is 0.301. The van der Waals surface area contributed by atoms with Gasteiger partial charge in [0, 0.05) is 32.1 Å². The highest BCUT2D eigenvalue weighted by Gasteiger charge is 1.97. The SMILES string of the molecule is CCNC(=NCCCOc1cccc(OC)c1)NCC.I. The van der Waals surface area contributed by atoms with E-state index in [0.717, 1.165) is 43.5 Å². The van der Waals surface area contributed by atoms with Crippen LogP contribution >= 0.6 is 24.0 Å². The second-order valence-electron chi connectivity index (χ2n) is 4.17. The average molecular weight is 407 g/mol. The van der Waals surface area contributed by atoms with Crippen molar-refractivity contribution in [2.75, 3.05) is 33.4 Å². The molecule has 0 amide bonds. The van der Waals surface area contributed by atoms with E-state index in [1.807, 2.05) is 24.3 Å². The largest absolute Gasteiger partial charge is 0.497 e. The number of nitrogens with one attached hydrogen (secondary N) is 2. The van der Waals surface area contributed by atoms with Crippen LogP contribution in [0.4, 0.5) is 0 Å². The first-order valence-electron chi connectivity index (χ1n) is 7.09. The molecule has 1 aromatic carbocycles. The highest BCUT2D eigenvalue weighted by atomic mass is 127. The zero-order valence-corrected chi connectivity index (χ0v) is 15.3. The van der Waals surface area contributed by atoms with E-state index in [0.29, 0.717) is 6.61 Å². The molecule has 1 aromatic rings. The van der Waals surface area contributed by atoms with E-state index in [2.05, 4.69) is 29.5 Å². The molecular weight excluding hydrogens is 381 g/mol. The maximum absolute atomic E-state index is 5.66. The molecule has 0 spiro atoms. The number of rotatable bonds is 8. The van der Waals surface area contributed by atoms with Gasteiger partial charge in [-0.15, -0.1) is 24.0 Å². The Hall–Kier alpha value is -1.18. The summed E-state index contributed by atoms with van der Waals surface area (Å²) in [5, 5.41) is 6.38. The van der Waals surface area contributed by atoms with Crippen molar-refractivity contribution in [1.82, 2.24) is 10.6 Å². The van der Waals surface area contributed by atoms with Crippen LogP contribution in [0.5, 0.6) is 11.5 Å². The molecule has 5 nitrogen and oxygen atoms in total. The van der Waals surface area contributed by atoms with Crippen LogP contribution in [0.2, 0.25) is 0 Å². The third-order valence-corrected chi connectivity index (χ3v) is 2.57. The van der Waals surface area contributed by atoms with Gasteiger partial charge in [0.25, 0.3) is 0 Å². The van der Waals surface area contributed by atoms with Crippen LogP contribution in [0.25, 0.3) is 0 Å². The van der Waals surface area contributed by atoms with Crippen molar-refractivity contribution in [2.24, 2.45) is 4.99 Å². The minimum atomic E-state index is 0. The van der Waals surface area contributed by atoms with Crippen LogP contribution in [-0.2, 0) is 0 Å². The van der Waals surface area contributed by atoms with Crippen molar-refractivity contribution in [3.8, 4) is 11.5 Å². The Labute approximate surface area is 144 Å². The predicted molar refractivity (Wildman–Crippen MR) is 98.2 cm³/mol. The molecule has 6 heteroatoms. The Bertz CT molecular complexity index is 406. The van der Waals surface area contributed by atoms with Gasteiger partial charge in [-0.05, 0) is 26.0 Å². The average Bonchev–Trinajstić information content (AvgIpc) is 2.47. The van der Waals surface area contributed by atoms with Crippen LogP contribution in [0.15, 0.2) is 29.3 Å². The standard InChI is InChI=1S/C15H25N3O2.HI/c1-4-16-15(17-5-2)18-10-7-11-20-14-9-6-8-13(12-14)19-3;/h6,8-9,12H,4-5,7,10-11H2,1-3H3,(H2,16,17,18);1H. The van der Waals surface area contributed by atoms with Crippen molar-refractivity contribution in [3.63, 3.8) is 0 Å². The van der Waals surface area contributed by atoms with Gasteiger partial charge in [0.1, 0.15) is 11.5 Å². The first kappa shape index (κ1) is 19.8. The van der Waals surface area contributed by atoms with Crippen LogP contribution in [0.3, 0.4) is 0 Å². The molecule has 0 aliphatic rings. The van der Waals surface area contributed by atoms with E-state index in [1.165, 1.54) is 0 Å². The zero-order chi connectivity index (χ0) is 14.6. The van der Waals surface area contributed by atoms with Crippen LogP contribution in [0, 0.1) is 0 Å². The first-order valence-corrected chi connectivity index (χ1v) is 7.09. The molecule has 0 aliphatic carbocycles. The summed E-state index contributed by atoms with van der Waals surface area (Å²) in [7, 11) is 1.65. The molecule has 0 aliphatic heterocycles. The van der Waals surface area contributed by atoms with Gasteiger partial charge in [-0.3, -0.25) is 4.99 Å². The van der Waals surface area contributed by atoms with Gasteiger partial charge in [0.05, 0.1) is 13.7 Å². The molecule has 2 N–H and O–H groups in total. The van der Waals surface area contributed by atoms with E-state index in [1.54, 1.807) is 7.11 Å². The number of hydrogen-bond acceptors (Lipinski definition) is 3.